The molecule has 3 unspecified atom stereocenters. The highest BCUT2D eigenvalue weighted by Crippen LogP contribution is 2.36. The van der Waals surface area contributed by atoms with Gasteiger partial charge in [0.1, 0.15) is 6.04 Å². The highest BCUT2D eigenvalue weighted by molar-refractivity contribution is 6.00. The Morgan fingerprint density at radius 3 is 2.83 bits per heavy atom. The second-order valence-corrected chi connectivity index (χ2v) is 5.40. The van der Waals surface area contributed by atoms with Gasteiger partial charge in [-0.2, -0.15) is 0 Å². The van der Waals surface area contributed by atoms with Crippen molar-refractivity contribution in [3.8, 4) is 0 Å². The minimum Gasteiger partial charge on any atom is -0.480 e. The molecule has 1 heterocycles. The molecule has 100 valence electrons. The van der Waals surface area contributed by atoms with Gasteiger partial charge in [0.05, 0.1) is 0 Å². The van der Waals surface area contributed by atoms with Gasteiger partial charge in [0.25, 0.3) is 0 Å². The number of allylic oxidation sites excluding steroid dienone is 1. The van der Waals surface area contributed by atoms with Crippen LogP contribution < -0.4 is 0 Å². The van der Waals surface area contributed by atoms with Crippen LogP contribution in [0.1, 0.15) is 33.1 Å². The summed E-state index contributed by atoms with van der Waals surface area (Å²) < 4.78 is 0. The van der Waals surface area contributed by atoms with Gasteiger partial charge in [-0.25, -0.2) is 0 Å². The number of unbranched alkanes of at least 4 members (excludes halogenated alkanes) is 1. The number of aliphatic carboxylic acids is 1. The Morgan fingerprint density at radius 2 is 2.28 bits per heavy atom. The van der Waals surface area contributed by atoms with Crippen molar-refractivity contribution in [2.45, 2.75) is 39.2 Å². The first kappa shape index (κ1) is 13.3. The van der Waals surface area contributed by atoms with E-state index in [1.165, 1.54) is 0 Å². The van der Waals surface area contributed by atoms with E-state index in [9.17, 15) is 9.59 Å². The molecule has 2 rings (SSSR count). The number of nitrogens with zero attached hydrogens (tertiary/aromatic N) is 1. The maximum atomic E-state index is 12.2. The number of hydrogen-bond acceptors (Lipinski definition) is 3. The van der Waals surface area contributed by atoms with E-state index in [0.29, 0.717) is 13.1 Å². The van der Waals surface area contributed by atoms with E-state index in [1.807, 2.05) is 4.90 Å². The first-order valence-corrected chi connectivity index (χ1v) is 6.76. The van der Waals surface area contributed by atoms with E-state index in [0.717, 1.165) is 24.8 Å². The quantitative estimate of drug-likeness (QED) is 0.808. The molecule has 0 aromatic carbocycles. The number of carboxylic acids is 1. The summed E-state index contributed by atoms with van der Waals surface area (Å²) in [5, 5.41) is 9.00. The maximum Gasteiger partial charge on any atom is 0.320 e. The number of carbonyl (C=O) groups excluding carboxylic acids is 1. The van der Waals surface area contributed by atoms with Crippen LogP contribution in [0.4, 0.5) is 0 Å². The van der Waals surface area contributed by atoms with Gasteiger partial charge in [0.15, 0.2) is 5.78 Å². The molecule has 1 fully saturated rings. The van der Waals surface area contributed by atoms with Crippen molar-refractivity contribution in [2.75, 3.05) is 13.1 Å². The monoisotopic (exact) mass is 251 g/mol. The third-order valence-corrected chi connectivity index (χ3v) is 4.17. The van der Waals surface area contributed by atoms with Crippen LogP contribution in [0.5, 0.6) is 0 Å². The van der Waals surface area contributed by atoms with E-state index >= 15 is 0 Å². The molecule has 0 aromatic heterocycles. The molecule has 3 atom stereocenters. The summed E-state index contributed by atoms with van der Waals surface area (Å²) in [6.45, 7) is 5.12. The third kappa shape index (κ3) is 2.34. The standard InChI is InChI=1S/C14H21NO3/c1-3-4-5-10-6-11-7-15(9(2)14(17)18)8-12(11)13(10)16/h6,9,11-12H,3-5,7-8H2,1-2H3,(H,17,18). The van der Waals surface area contributed by atoms with Crippen LogP contribution in [0.25, 0.3) is 0 Å². The van der Waals surface area contributed by atoms with E-state index < -0.39 is 12.0 Å². The second-order valence-electron chi connectivity index (χ2n) is 5.40. The molecule has 0 bridgehead atoms. The Bertz CT molecular complexity index is 389. The Labute approximate surface area is 108 Å². The van der Waals surface area contributed by atoms with Crippen molar-refractivity contribution in [3.05, 3.63) is 11.6 Å². The number of carbonyl (C=O) groups is 2. The largest absolute Gasteiger partial charge is 0.480 e. The van der Waals surface area contributed by atoms with Gasteiger partial charge in [0.2, 0.25) is 0 Å². The number of Topliss-reactive ketones (excluding diaryl/α,β-unsaturated/α-hetero) is 1. The lowest BCUT2D eigenvalue weighted by Gasteiger charge is -2.20. The van der Waals surface area contributed by atoms with Crippen molar-refractivity contribution in [2.24, 2.45) is 11.8 Å². The minimum atomic E-state index is -0.808. The zero-order valence-corrected chi connectivity index (χ0v) is 11.1. The van der Waals surface area contributed by atoms with E-state index in [1.54, 1.807) is 6.92 Å². The second kappa shape index (κ2) is 5.22. The molecule has 0 radical (unpaired) electrons. The van der Waals surface area contributed by atoms with Gasteiger partial charge in [-0.1, -0.05) is 19.4 Å². The van der Waals surface area contributed by atoms with Gasteiger partial charge in [-0.05, 0) is 25.3 Å². The van der Waals surface area contributed by atoms with E-state index in [2.05, 4.69) is 13.0 Å². The predicted octanol–water partition coefficient (Wildman–Crippen LogP) is 1.71. The lowest BCUT2D eigenvalue weighted by atomic mass is 9.97. The van der Waals surface area contributed by atoms with Crippen LogP contribution in [-0.4, -0.2) is 40.9 Å². The SMILES string of the molecule is CCCCC1=CC2CN(C(C)C(=O)O)CC2C1=O. The maximum absolute atomic E-state index is 12.2. The molecule has 1 N–H and O–H groups in total. The van der Waals surface area contributed by atoms with Crippen molar-refractivity contribution >= 4 is 11.8 Å². The van der Waals surface area contributed by atoms with Gasteiger partial charge in [-0.3, -0.25) is 14.5 Å². The molecule has 0 aromatic rings. The average molecular weight is 251 g/mol. The number of fused-ring (bicyclic) bond motifs is 1. The summed E-state index contributed by atoms with van der Waals surface area (Å²) in [6, 6.07) is -0.490. The Morgan fingerprint density at radius 1 is 1.56 bits per heavy atom. The van der Waals surface area contributed by atoms with Crippen LogP contribution in [0.3, 0.4) is 0 Å². The molecule has 0 amide bonds. The average Bonchev–Trinajstić information content (AvgIpc) is 2.86. The molecule has 18 heavy (non-hydrogen) atoms. The normalized spacial score (nSPS) is 29.2. The Kier molecular flexibility index (Phi) is 3.85. The van der Waals surface area contributed by atoms with Gasteiger partial charge >= 0.3 is 5.97 Å². The molecule has 0 saturated carbocycles. The zero-order chi connectivity index (χ0) is 13.3. The fraction of sp³-hybridized carbons (Fsp3) is 0.714. The predicted molar refractivity (Wildman–Crippen MR) is 68.3 cm³/mol. The molecule has 2 aliphatic rings. The minimum absolute atomic E-state index is 0.0126. The summed E-state index contributed by atoms with van der Waals surface area (Å²) in [5.74, 6) is -0.295. The van der Waals surface area contributed by atoms with Crippen LogP contribution in [-0.2, 0) is 9.59 Å². The number of rotatable bonds is 5. The summed E-state index contributed by atoms with van der Waals surface area (Å²) in [7, 11) is 0. The fourth-order valence-corrected chi connectivity index (χ4v) is 2.93. The smallest absolute Gasteiger partial charge is 0.320 e. The first-order chi connectivity index (χ1) is 8.54. The summed E-state index contributed by atoms with van der Waals surface area (Å²) in [5.41, 5.74) is 0.981. The third-order valence-electron chi connectivity index (χ3n) is 4.17. The van der Waals surface area contributed by atoms with Crippen molar-refractivity contribution in [1.29, 1.82) is 0 Å². The number of ketones is 1. The first-order valence-electron chi connectivity index (χ1n) is 6.76. The molecular weight excluding hydrogens is 230 g/mol. The van der Waals surface area contributed by atoms with Crippen molar-refractivity contribution in [3.63, 3.8) is 0 Å². The Balaban J connectivity index is 2.00. The van der Waals surface area contributed by atoms with Gasteiger partial charge in [-0.15, -0.1) is 0 Å². The lowest BCUT2D eigenvalue weighted by Crippen LogP contribution is -2.38. The molecule has 1 aliphatic carbocycles. The van der Waals surface area contributed by atoms with Crippen molar-refractivity contribution in [1.82, 2.24) is 4.90 Å². The van der Waals surface area contributed by atoms with Crippen molar-refractivity contribution < 1.29 is 14.7 Å². The Hall–Kier alpha value is -1.16. The lowest BCUT2D eigenvalue weighted by molar-refractivity contribution is -0.142. The molecule has 1 aliphatic heterocycles. The molecule has 4 heteroatoms. The molecular formula is C14H21NO3. The molecule has 1 saturated heterocycles. The van der Waals surface area contributed by atoms with Crippen LogP contribution in [0.2, 0.25) is 0 Å². The summed E-state index contributed by atoms with van der Waals surface area (Å²) >= 11 is 0. The zero-order valence-electron chi connectivity index (χ0n) is 11.1. The van der Waals surface area contributed by atoms with Crippen LogP contribution >= 0.6 is 0 Å². The van der Waals surface area contributed by atoms with Gasteiger partial charge in [0, 0.05) is 24.9 Å². The van der Waals surface area contributed by atoms with Gasteiger partial charge < -0.3 is 5.11 Å². The molecule has 0 spiro atoms. The van der Waals surface area contributed by atoms with E-state index in [4.69, 9.17) is 5.11 Å². The fourth-order valence-electron chi connectivity index (χ4n) is 2.93. The number of hydrogen-bond donors (Lipinski definition) is 1. The highest BCUT2D eigenvalue weighted by atomic mass is 16.4. The topological polar surface area (TPSA) is 57.6 Å². The molecule has 4 nitrogen and oxygen atoms in total. The van der Waals surface area contributed by atoms with Crippen LogP contribution in [0.15, 0.2) is 11.6 Å². The number of carboxylic acid groups (broad SMARTS) is 1. The van der Waals surface area contributed by atoms with E-state index in [-0.39, 0.29) is 17.6 Å². The highest BCUT2D eigenvalue weighted by Gasteiger charge is 2.44. The summed E-state index contributed by atoms with van der Waals surface area (Å²) in [6.07, 6.45) is 5.14. The number of likely N-dealkylation sites (tertiary alicyclic amines) is 1. The van der Waals surface area contributed by atoms with Crippen LogP contribution in [0, 0.1) is 11.8 Å². The summed E-state index contributed by atoms with van der Waals surface area (Å²) in [4.78, 5) is 25.0.